The van der Waals surface area contributed by atoms with E-state index in [-0.39, 0.29) is 23.9 Å². The molecule has 0 spiro atoms. The summed E-state index contributed by atoms with van der Waals surface area (Å²) in [6.07, 6.45) is 1.56. The number of aromatic nitrogens is 1. The third kappa shape index (κ3) is 4.89. The largest absolute Gasteiger partial charge is 0.350 e. The highest BCUT2D eigenvalue weighted by molar-refractivity contribution is 7.16. The number of rotatable bonds is 4. The number of thiazole rings is 1. The van der Waals surface area contributed by atoms with Crippen molar-refractivity contribution < 1.29 is 9.59 Å². The van der Waals surface area contributed by atoms with E-state index >= 15 is 0 Å². The van der Waals surface area contributed by atoms with Gasteiger partial charge in [-0.3, -0.25) is 9.59 Å². The van der Waals surface area contributed by atoms with E-state index in [1.165, 1.54) is 16.2 Å². The molecule has 0 saturated carbocycles. The predicted molar refractivity (Wildman–Crippen MR) is 92.4 cm³/mol. The van der Waals surface area contributed by atoms with E-state index in [2.05, 4.69) is 10.3 Å². The first-order chi connectivity index (χ1) is 10.8. The van der Waals surface area contributed by atoms with Crippen LogP contribution >= 0.6 is 11.3 Å². The number of hydrogen-bond donors (Lipinski definition) is 1. The zero-order chi connectivity index (χ0) is 17.0. The van der Waals surface area contributed by atoms with E-state index in [1.54, 1.807) is 13.2 Å². The van der Waals surface area contributed by atoms with Gasteiger partial charge in [0.25, 0.3) is 5.91 Å². The highest BCUT2D eigenvalue weighted by Crippen LogP contribution is 2.25. The summed E-state index contributed by atoms with van der Waals surface area (Å²) in [6, 6.07) is 9.70. The fraction of sp³-hybridized carbons (Fsp3) is 0.353. The van der Waals surface area contributed by atoms with Gasteiger partial charge in [-0.25, -0.2) is 4.98 Å². The lowest BCUT2D eigenvalue weighted by Gasteiger charge is -2.23. The molecular weight excluding hydrogens is 310 g/mol. The molecule has 122 valence electrons. The van der Waals surface area contributed by atoms with Crippen molar-refractivity contribution in [1.82, 2.24) is 15.2 Å². The van der Waals surface area contributed by atoms with Gasteiger partial charge in [-0.2, -0.15) is 0 Å². The average Bonchev–Trinajstić information content (AvgIpc) is 2.95. The Morgan fingerprint density at radius 1 is 1.22 bits per heavy atom. The summed E-state index contributed by atoms with van der Waals surface area (Å²) in [6.45, 7) is 5.74. The maximum absolute atomic E-state index is 12.4. The zero-order valence-corrected chi connectivity index (χ0v) is 14.6. The first kappa shape index (κ1) is 17.1. The Morgan fingerprint density at radius 3 is 2.48 bits per heavy atom. The fourth-order valence-corrected chi connectivity index (χ4v) is 2.94. The van der Waals surface area contributed by atoms with Crippen LogP contribution in [0, 0.1) is 0 Å². The molecular formula is C17H21N3O2S. The minimum atomic E-state index is -0.314. The number of hydrogen-bond acceptors (Lipinski definition) is 4. The maximum atomic E-state index is 12.4. The number of nitrogens with zero attached hydrogens (tertiary/aromatic N) is 2. The SMILES string of the molecule is CN(CC(=O)NC(C)(C)C)C(=O)c1cnc(-c2ccccc2)s1. The van der Waals surface area contributed by atoms with Gasteiger partial charge in [0.15, 0.2) is 0 Å². The van der Waals surface area contributed by atoms with Crippen molar-refractivity contribution in [3.63, 3.8) is 0 Å². The molecule has 23 heavy (non-hydrogen) atoms. The van der Waals surface area contributed by atoms with Crippen LogP contribution in [0.15, 0.2) is 36.5 Å². The summed E-state index contributed by atoms with van der Waals surface area (Å²) in [5, 5.41) is 3.64. The normalized spacial score (nSPS) is 11.1. The zero-order valence-electron chi connectivity index (χ0n) is 13.8. The Balaban J connectivity index is 2.03. The summed E-state index contributed by atoms with van der Waals surface area (Å²) in [5.74, 6) is -0.380. The predicted octanol–water partition coefficient (Wildman–Crippen LogP) is 2.80. The molecule has 0 atom stereocenters. The topological polar surface area (TPSA) is 62.3 Å². The lowest BCUT2D eigenvalue weighted by Crippen LogP contribution is -2.46. The first-order valence-electron chi connectivity index (χ1n) is 7.34. The van der Waals surface area contributed by atoms with Gasteiger partial charge in [0, 0.05) is 18.2 Å². The smallest absolute Gasteiger partial charge is 0.265 e. The maximum Gasteiger partial charge on any atom is 0.265 e. The van der Waals surface area contributed by atoms with E-state index in [9.17, 15) is 9.59 Å². The minimum absolute atomic E-state index is 0.0225. The fourth-order valence-electron chi connectivity index (χ4n) is 2.02. The highest BCUT2D eigenvalue weighted by Gasteiger charge is 2.20. The standard InChI is InChI=1S/C17H21N3O2S/c1-17(2,3)19-14(21)11-20(4)16(22)13-10-18-15(23-13)12-8-6-5-7-9-12/h5-10H,11H2,1-4H3,(H,19,21). The molecule has 1 N–H and O–H groups in total. The van der Waals surface area contributed by atoms with E-state index in [0.717, 1.165) is 10.6 Å². The molecule has 0 bridgehead atoms. The van der Waals surface area contributed by atoms with Crippen LogP contribution in [0.5, 0.6) is 0 Å². The number of amides is 2. The Labute approximate surface area is 140 Å². The molecule has 5 nitrogen and oxygen atoms in total. The number of carbonyl (C=O) groups excluding carboxylic acids is 2. The van der Waals surface area contributed by atoms with Crippen molar-refractivity contribution >= 4 is 23.2 Å². The number of benzene rings is 1. The third-order valence-electron chi connectivity index (χ3n) is 2.98. The molecule has 0 fully saturated rings. The van der Waals surface area contributed by atoms with Crippen LogP contribution in [0.1, 0.15) is 30.4 Å². The molecule has 6 heteroatoms. The third-order valence-corrected chi connectivity index (χ3v) is 4.01. The number of nitrogens with one attached hydrogen (secondary N) is 1. The van der Waals surface area contributed by atoms with Gasteiger partial charge in [-0.05, 0) is 20.8 Å². The van der Waals surface area contributed by atoms with Crippen molar-refractivity contribution in [3.05, 3.63) is 41.4 Å². The molecule has 1 aromatic heterocycles. The lowest BCUT2D eigenvalue weighted by molar-refractivity contribution is -0.122. The summed E-state index contributed by atoms with van der Waals surface area (Å²) < 4.78 is 0. The molecule has 1 aromatic carbocycles. The lowest BCUT2D eigenvalue weighted by atomic mass is 10.1. The Kier molecular flexibility index (Phi) is 5.15. The molecule has 0 saturated heterocycles. The molecule has 0 aliphatic rings. The Bertz CT molecular complexity index is 689. The van der Waals surface area contributed by atoms with Gasteiger partial charge >= 0.3 is 0 Å². The van der Waals surface area contributed by atoms with Crippen molar-refractivity contribution in [2.45, 2.75) is 26.3 Å². The first-order valence-corrected chi connectivity index (χ1v) is 8.15. The monoisotopic (exact) mass is 331 g/mol. The summed E-state index contributed by atoms with van der Waals surface area (Å²) in [4.78, 5) is 30.5. The van der Waals surface area contributed by atoms with Gasteiger partial charge < -0.3 is 10.2 Å². The van der Waals surface area contributed by atoms with Gasteiger partial charge in [-0.15, -0.1) is 11.3 Å². The van der Waals surface area contributed by atoms with Gasteiger partial charge in [0.05, 0.1) is 12.7 Å². The molecule has 2 rings (SSSR count). The summed E-state index contributed by atoms with van der Waals surface area (Å²) in [5.41, 5.74) is 0.663. The van der Waals surface area contributed by atoms with Crippen molar-refractivity contribution in [3.8, 4) is 10.6 Å². The molecule has 0 aliphatic heterocycles. The van der Waals surface area contributed by atoms with Crippen LogP contribution in [-0.2, 0) is 4.79 Å². The average molecular weight is 331 g/mol. The van der Waals surface area contributed by atoms with E-state index in [4.69, 9.17) is 0 Å². The van der Waals surface area contributed by atoms with Crippen LogP contribution in [0.4, 0.5) is 0 Å². The minimum Gasteiger partial charge on any atom is -0.350 e. The second kappa shape index (κ2) is 6.91. The molecule has 1 heterocycles. The summed E-state index contributed by atoms with van der Waals surface area (Å²) >= 11 is 1.33. The number of likely N-dealkylation sites (N-methyl/N-ethyl adjacent to an activating group) is 1. The molecule has 2 aromatic rings. The Hall–Kier alpha value is -2.21. The van der Waals surface area contributed by atoms with Crippen molar-refractivity contribution in [1.29, 1.82) is 0 Å². The van der Waals surface area contributed by atoms with Gasteiger partial charge in [0.1, 0.15) is 9.88 Å². The van der Waals surface area contributed by atoms with Crippen LogP contribution in [0.3, 0.4) is 0 Å². The van der Waals surface area contributed by atoms with Crippen LogP contribution in [0.2, 0.25) is 0 Å². The van der Waals surface area contributed by atoms with E-state index < -0.39 is 0 Å². The van der Waals surface area contributed by atoms with Crippen LogP contribution in [0.25, 0.3) is 10.6 Å². The molecule has 0 unspecified atom stereocenters. The van der Waals surface area contributed by atoms with Gasteiger partial charge in [-0.1, -0.05) is 30.3 Å². The van der Waals surface area contributed by atoms with E-state index in [1.807, 2.05) is 51.1 Å². The molecule has 2 amide bonds. The van der Waals surface area contributed by atoms with Crippen molar-refractivity contribution in [2.24, 2.45) is 0 Å². The van der Waals surface area contributed by atoms with Gasteiger partial charge in [0.2, 0.25) is 5.91 Å². The highest BCUT2D eigenvalue weighted by atomic mass is 32.1. The molecule has 0 radical (unpaired) electrons. The van der Waals surface area contributed by atoms with Crippen LogP contribution < -0.4 is 5.32 Å². The second-order valence-electron chi connectivity index (χ2n) is 6.36. The second-order valence-corrected chi connectivity index (χ2v) is 7.39. The summed E-state index contributed by atoms with van der Waals surface area (Å²) in [7, 11) is 1.62. The molecule has 0 aliphatic carbocycles. The van der Waals surface area contributed by atoms with Crippen LogP contribution in [-0.4, -0.2) is 40.8 Å². The quantitative estimate of drug-likeness (QED) is 0.937. The van der Waals surface area contributed by atoms with Crippen molar-refractivity contribution in [2.75, 3.05) is 13.6 Å². The number of carbonyl (C=O) groups is 2. The Morgan fingerprint density at radius 2 is 1.87 bits per heavy atom. The van der Waals surface area contributed by atoms with E-state index in [0.29, 0.717) is 4.88 Å².